The van der Waals surface area contributed by atoms with E-state index in [4.69, 9.17) is 4.74 Å². The van der Waals surface area contributed by atoms with Gasteiger partial charge in [0.1, 0.15) is 0 Å². The van der Waals surface area contributed by atoms with Crippen LogP contribution in [-0.4, -0.2) is 40.5 Å². The number of benzene rings is 1. The van der Waals surface area contributed by atoms with Crippen LogP contribution in [0.2, 0.25) is 0 Å². The van der Waals surface area contributed by atoms with E-state index < -0.39 is 0 Å². The van der Waals surface area contributed by atoms with Crippen molar-refractivity contribution in [3.8, 4) is 0 Å². The van der Waals surface area contributed by atoms with Crippen molar-refractivity contribution in [2.45, 2.75) is 6.92 Å². The molecule has 0 radical (unpaired) electrons. The number of nitrogens with zero attached hydrogens (tertiary/aromatic N) is 2. The summed E-state index contributed by atoms with van der Waals surface area (Å²) in [7, 11) is 0. The van der Waals surface area contributed by atoms with Gasteiger partial charge in [0.05, 0.1) is 0 Å². The SMILES string of the molecule is CCOC(=O)c1ncc2ccc3[nH][se]nc3c12. The molecule has 2 aromatic heterocycles. The van der Waals surface area contributed by atoms with Crippen LogP contribution in [0.25, 0.3) is 21.8 Å². The summed E-state index contributed by atoms with van der Waals surface area (Å²) in [4.78, 5) is 15.9. The van der Waals surface area contributed by atoms with Crippen molar-refractivity contribution in [3.63, 3.8) is 0 Å². The average Bonchev–Trinajstić information content (AvgIpc) is 2.94. The van der Waals surface area contributed by atoms with Gasteiger partial charge in [-0.15, -0.1) is 0 Å². The molecule has 3 rings (SSSR count). The van der Waals surface area contributed by atoms with Gasteiger partial charge in [0.2, 0.25) is 0 Å². The summed E-state index contributed by atoms with van der Waals surface area (Å²) < 4.78 is 12.6. The molecule has 1 N–H and O–H groups in total. The molecule has 0 unspecified atom stereocenters. The van der Waals surface area contributed by atoms with E-state index in [0.29, 0.717) is 12.3 Å². The van der Waals surface area contributed by atoms with E-state index >= 15 is 0 Å². The molecule has 0 atom stereocenters. The van der Waals surface area contributed by atoms with Crippen molar-refractivity contribution in [1.29, 1.82) is 0 Å². The van der Waals surface area contributed by atoms with Crippen LogP contribution in [0.4, 0.5) is 0 Å². The Morgan fingerprint density at radius 2 is 2.41 bits per heavy atom. The first-order valence-corrected chi connectivity index (χ1v) is 6.82. The summed E-state index contributed by atoms with van der Waals surface area (Å²) in [6.07, 6.45) is 1.68. The first kappa shape index (κ1) is 10.5. The van der Waals surface area contributed by atoms with Gasteiger partial charge in [-0.1, -0.05) is 0 Å². The minimum absolute atomic E-state index is 0.0137. The van der Waals surface area contributed by atoms with Crippen molar-refractivity contribution < 1.29 is 9.53 Å². The Morgan fingerprint density at radius 1 is 1.53 bits per heavy atom. The predicted octanol–water partition coefficient (Wildman–Crippen LogP) is 1.34. The van der Waals surface area contributed by atoms with E-state index in [1.54, 1.807) is 13.1 Å². The van der Waals surface area contributed by atoms with Gasteiger partial charge in [0.25, 0.3) is 0 Å². The molecule has 0 saturated heterocycles. The topological polar surface area (TPSA) is 67.9 Å². The van der Waals surface area contributed by atoms with Gasteiger partial charge in [0.15, 0.2) is 0 Å². The number of nitrogens with one attached hydrogen (secondary N) is 1. The Balaban J connectivity index is 2.31. The molecule has 0 aliphatic carbocycles. The number of H-pyrrole nitrogens is 1. The van der Waals surface area contributed by atoms with Crippen LogP contribution in [0.3, 0.4) is 0 Å². The van der Waals surface area contributed by atoms with Gasteiger partial charge >= 0.3 is 103 Å². The third kappa shape index (κ3) is 1.57. The molecule has 0 saturated carbocycles. The van der Waals surface area contributed by atoms with Crippen LogP contribution in [0.5, 0.6) is 0 Å². The summed E-state index contributed by atoms with van der Waals surface area (Å²) >= 11 is 0.0137. The number of fused-ring (bicyclic) bond motifs is 3. The molecule has 5 nitrogen and oxygen atoms in total. The molecule has 86 valence electrons. The van der Waals surface area contributed by atoms with E-state index in [1.165, 1.54) is 0 Å². The standard InChI is InChI=1S/C11H9N3O2Se/c1-2-16-11(15)10-8-6(5-12-10)3-4-7-9(8)14-17-13-7/h3-5,13H,2H2,1H3. The zero-order valence-electron chi connectivity index (χ0n) is 9.06. The van der Waals surface area contributed by atoms with Crippen LogP contribution in [-0.2, 0) is 4.74 Å². The maximum absolute atomic E-state index is 11.8. The number of hydrogen-bond acceptors (Lipinski definition) is 4. The van der Waals surface area contributed by atoms with Crippen LogP contribution >= 0.6 is 0 Å². The summed E-state index contributed by atoms with van der Waals surface area (Å²) in [6, 6.07) is 3.90. The molecular weight excluding hydrogens is 285 g/mol. The molecule has 1 aromatic carbocycles. The molecule has 0 fully saturated rings. The number of carbonyl (C=O) groups is 1. The number of hydrogen-bond donors (Lipinski definition) is 1. The third-order valence-corrected chi connectivity index (χ3v) is 3.77. The summed E-state index contributed by atoms with van der Waals surface area (Å²) in [5, 5.41) is 1.72. The monoisotopic (exact) mass is 295 g/mol. The van der Waals surface area contributed by atoms with Crippen molar-refractivity contribution in [3.05, 3.63) is 24.0 Å². The number of rotatable bonds is 2. The number of aromatic amines is 1. The van der Waals surface area contributed by atoms with Crippen molar-refractivity contribution in [1.82, 2.24) is 12.9 Å². The second-order valence-corrected chi connectivity index (χ2v) is 4.73. The number of carbonyl (C=O) groups excluding carboxylic acids is 1. The molecule has 2 heterocycles. The Labute approximate surface area is 103 Å². The van der Waals surface area contributed by atoms with Crippen LogP contribution in [0.1, 0.15) is 17.4 Å². The summed E-state index contributed by atoms with van der Waals surface area (Å²) in [5.41, 5.74) is 2.17. The molecule has 0 bridgehead atoms. The van der Waals surface area contributed by atoms with Gasteiger partial charge < -0.3 is 0 Å². The first-order chi connectivity index (χ1) is 8.31. The zero-order chi connectivity index (χ0) is 11.8. The van der Waals surface area contributed by atoms with E-state index in [0.717, 1.165) is 21.8 Å². The van der Waals surface area contributed by atoms with Crippen molar-refractivity contribution in [2.75, 3.05) is 6.61 Å². The van der Waals surface area contributed by atoms with E-state index in [9.17, 15) is 4.79 Å². The zero-order valence-corrected chi connectivity index (χ0v) is 10.8. The van der Waals surface area contributed by atoms with Gasteiger partial charge in [-0.05, 0) is 0 Å². The Kier molecular flexibility index (Phi) is 2.46. The van der Waals surface area contributed by atoms with E-state index in [-0.39, 0.29) is 20.9 Å². The fourth-order valence-corrected chi connectivity index (χ4v) is 3.05. The predicted molar refractivity (Wildman–Crippen MR) is 64.3 cm³/mol. The Morgan fingerprint density at radius 3 is 3.24 bits per heavy atom. The van der Waals surface area contributed by atoms with Crippen LogP contribution < -0.4 is 0 Å². The van der Waals surface area contributed by atoms with E-state index in [2.05, 4.69) is 12.9 Å². The molecule has 6 heteroatoms. The quantitative estimate of drug-likeness (QED) is 0.572. The average molecular weight is 294 g/mol. The van der Waals surface area contributed by atoms with Crippen molar-refractivity contribution in [2.24, 2.45) is 0 Å². The fraction of sp³-hybridized carbons (Fsp3) is 0.182. The Hall–Kier alpha value is -1.65. The summed E-state index contributed by atoms with van der Waals surface area (Å²) in [6.45, 7) is 2.13. The number of ether oxygens (including phenoxy) is 1. The second kappa shape index (κ2) is 3.98. The Bertz CT molecular complexity index is 701. The fourth-order valence-electron chi connectivity index (χ4n) is 1.81. The van der Waals surface area contributed by atoms with Crippen LogP contribution in [0.15, 0.2) is 18.3 Å². The maximum atomic E-state index is 11.8. The van der Waals surface area contributed by atoms with Crippen LogP contribution in [0, 0.1) is 0 Å². The van der Waals surface area contributed by atoms with Crippen molar-refractivity contribution >= 4 is 42.7 Å². The van der Waals surface area contributed by atoms with Gasteiger partial charge in [-0.25, -0.2) is 0 Å². The molecule has 17 heavy (non-hydrogen) atoms. The molecular formula is C11H9N3O2Se. The normalized spacial score (nSPS) is 11.1. The van der Waals surface area contributed by atoms with E-state index in [1.807, 2.05) is 12.1 Å². The number of aromatic nitrogens is 3. The van der Waals surface area contributed by atoms with Gasteiger partial charge in [-0.3, -0.25) is 0 Å². The second-order valence-electron chi connectivity index (χ2n) is 3.54. The minimum atomic E-state index is -0.384. The van der Waals surface area contributed by atoms with Gasteiger partial charge in [-0.2, -0.15) is 0 Å². The molecule has 3 aromatic rings. The summed E-state index contributed by atoms with van der Waals surface area (Å²) in [5.74, 6) is -0.384. The molecule has 0 spiro atoms. The number of esters is 1. The third-order valence-electron chi connectivity index (χ3n) is 2.54. The molecule has 0 amide bonds. The molecule has 0 aliphatic heterocycles. The van der Waals surface area contributed by atoms with Gasteiger partial charge in [0, 0.05) is 0 Å². The first-order valence-electron chi connectivity index (χ1n) is 5.20. The molecule has 0 aliphatic rings.